The van der Waals surface area contributed by atoms with Gasteiger partial charge in [0.05, 0.1) is 4.90 Å². The number of halogens is 3. The van der Waals surface area contributed by atoms with Crippen LogP contribution in [0.3, 0.4) is 0 Å². The summed E-state index contributed by atoms with van der Waals surface area (Å²) in [6.45, 7) is 2.25. The first-order chi connectivity index (χ1) is 12.1. The molecule has 1 heterocycles. The molecule has 0 aliphatic heterocycles. The number of hydrogen-bond donors (Lipinski definition) is 1. The first-order valence-corrected chi connectivity index (χ1v) is 9.30. The maximum Gasteiger partial charge on any atom is 0.422 e. The van der Waals surface area contributed by atoms with E-state index in [-0.39, 0.29) is 28.8 Å². The van der Waals surface area contributed by atoms with Gasteiger partial charge in [0.25, 0.3) is 0 Å². The van der Waals surface area contributed by atoms with Gasteiger partial charge in [-0.25, -0.2) is 18.1 Å². The number of nitrogens with one attached hydrogen (secondary N) is 1. The lowest BCUT2D eigenvalue weighted by Gasteiger charge is -2.13. The molecule has 0 saturated carbocycles. The first kappa shape index (κ1) is 20.2. The summed E-state index contributed by atoms with van der Waals surface area (Å²) in [6.07, 6.45) is -3.24. The maximum absolute atomic E-state index is 12.4. The molecule has 1 aromatic heterocycles. The van der Waals surface area contributed by atoms with E-state index in [1.54, 1.807) is 12.1 Å². The van der Waals surface area contributed by atoms with Crippen LogP contribution >= 0.6 is 0 Å². The Balaban J connectivity index is 2.10. The zero-order chi connectivity index (χ0) is 19.4. The highest BCUT2D eigenvalue weighted by molar-refractivity contribution is 7.89. The van der Waals surface area contributed by atoms with Crippen molar-refractivity contribution < 1.29 is 26.3 Å². The molecule has 2 rings (SSSR count). The SMILES string of the molecule is CC(C)c1ccc(S(=O)(=O)NCc2cccnc2OCC(F)(F)F)cc1. The van der Waals surface area contributed by atoms with E-state index in [4.69, 9.17) is 0 Å². The molecule has 0 fully saturated rings. The van der Waals surface area contributed by atoms with Gasteiger partial charge in [0.15, 0.2) is 6.61 Å². The zero-order valence-electron chi connectivity index (χ0n) is 14.2. The molecule has 0 radical (unpaired) electrons. The number of benzene rings is 1. The van der Waals surface area contributed by atoms with Gasteiger partial charge in [-0.1, -0.05) is 32.0 Å². The number of hydrogen-bond acceptors (Lipinski definition) is 4. The molecule has 0 bridgehead atoms. The van der Waals surface area contributed by atoms with Crippen LogP contribution in [0.1, 0.15) is 30.9 Å². The summed E-state index contributed by atoms with van der Waals surface area (Å²) in [4.78, 5) is 3.80. The van der Waals surface area contributed by atoms with Crippen molar-refractivity contribution in [3.8, 4) is 5.88 Å². The Kier molecular flexibility index (Phi) is 6.25. The fourth-order valence-electron chi connectivity index (χ4n) is 2.13. The lowest BCUT2D eigenvalue weighted by atomic mass is 10.0. The van der Waals surface area contributed by atoms with Crippen molar-refractivity contribution in [2.24, 2.45) is 0 Å². The molecule has 2 aromatic rings. The van der Waals surface area contributed by atoms with Crippen molar-refractivity contribution in [2.75, 3.05) is 6.61 Å². The molecule has 9 heteroatoms. The largest absolute Gasteiger partial charge is 0.468 e. The van der Waals surface area contributed by atoms with Crippen LogP contribution in [0.5, 0.6) is 5.88 Å². The number of ether oxygens (including phenoxy) is 1. The predicted molar refractivity (Wildman–Crippen MR) is 90.3 cm³/mol. The molecule has 26 heavy (non-hydrogen) atoms. The van der Waals surface area contributed by atoms with Crippen LogP contribution in [-0.4, -0.2) is 26.2 Å². The second-order valence-corrected chi connectivity index (χ2v) is 7.69. The van der Waals surface area contributed by atoms with Crippen molar-refractivity contribution in [2.45, 2.75) is 37.4 Å². The van der Waals surface area contributed by atoms with Crippen molar-refractivity contribution in [1.82, 2.24) is 9.71 Å². The summed E-state index contributed by atoms with van der Waals surface area (Å²) < 4.78 is 68.6. The summed E-state index contributed by atoms with van der Waals surface area (Å²) in [5.41, 5.74) is 1.21. The van der Waals surface area contributed by atoms with E-state index in [9.17, 15) is 21.6 Å². The van der Waals surface area contributed by atoms with Gasteiger partial charge in [-0.2, -0.15) is 13.2 Å². The van der Waals surface area contributed by atoms with Gasteiger partial charge in [-0.3, -0.25) is 0 Å². The monoisotopic (exact) mass is 388 g/mol. The predicted octanol–water partition coefficient (Wildman–Crippen LogP) is 3.62. The van der Waals surface area contributed by atoms with E-state index in [1.807, 2.05) is 13.8 Å². The van der Waals surface area contributed by atoms with Crippen LogP contribution in [0.2, 0.25) is 0 Å². The van der Waals surface area contributed by atoms with Gasteiger partial charge in [0.1, 0.15) is 0 Å². The smallest absolute Gasteiger partial charge is 0.422 e. The third-order valence-electron chi connectivity index (χ3n) is 3.53. The Hall–Kier alpha value is -2.13. The highest BCUT2D eigenvalue weighted by Crippen LogP contribution is 2.21. The Morgan fingerprint density at radius 3 is 2.38 bits per heavy atom. The van der Waals surface area contributed by atoms with Crippen molar-refractivity contribution in [1.29, 1.82) is 0 Å². The summed E-state index contributed by atoms with van der Waals surface area (Å²) in [6, 6.07) is 9.36. The average molecular weight is 388 g/mol. The van der Waals surface area contributed by atoms with Crippen LogP contribution in [0, 0.1) is 0 Å². The maximum atomic E-state index is 12.4. The molecule has 0 amide bonds. The second-order valence-electron chi connectivity index (χ2n) is 5.92. The van der Waals surface area contributed by atoms with E-state index in [0.717, 1.165) is 5.56 Å². The zero-order valence-corrected chi connectivity index (χ0v) is 15.1. The van der Waals surface area contributed by atoms with Gasteiger partial charge in [-0.05, 0) is 29.7 Å². The molecule has 0 aliphatic carbocycles. The highest BCUT2D eigenvalue weighted by Gasteiger charge is 2.29. The third-order valence-corrected chi connectivity index (χ3v) is 4.95. The van der Waals surface area contributed by atoms with Gasteiger partial charge in [0.2, 0.25) is 15.9 Å². The topological polar surface area (TPSA) is 68.3 Å². The van der Waals surface area contributed by atoms with Crippen LogP contribution in [-0.2, 0) is 16.6 Å². The highest BCUT2D eigenvalue weighted by atomic mass is 32.2. The summed E-state index contributed by atoms with van der Waals surface area (Å²) in [7, 11) is -3.82. The van der Waals surface area contributed by atoms with Crippen LogP contribution in [0.4, 0.5) is 13.2 Å². The standard InChI is InChI=1S/C17H19F3N2O3S/c1-12(2)13-5-7-15(8-6-13)26(23,24)22-10-14-4-3-9-21-16(14)25-11-17(18,19)20/h3-9,12,22H,10-11H2,1-2H3. The Morgan fingerprint density at radius 1 is 1.15 bits per heavy atom. The number of alkyl halides is 3. The minimum atomic E-state index is -4.51. The van der Waals surface area contributed by atoms with Crippen molar-refractivity contribution in [3.63, 3.8) is 0 Å². The third kappa shape index (κ3) is 5.70. The fourth-order valence-corrected chi connectivity index (χ4v) is 3.13. The quantitative estimate of drug-likeness (QED) is 0.787. The number of rotatable bonds is 7. The average Bonchev–Trinajstić information content (AvgIpc) is 2.58. The molecule has 5 nitrogen and oxygen atoms in total. The lowest BCUT2D eigenvalue weighted by molar-refractivity contribution is -0.154. The minimum absolute atomic E-state index is 0.0727. The molecule has 0 spiro atoms. The number of nitrogens with zero attached hydrogens (tertiary/aromatic N) is 1. The van der Waals surface area contributed by atoms with Gasteiger partial charge in [-0.15, -0.1) is 0 Å². The molecule has 1 aromatic carbocycles. The van der Waals surface area contributed by atoms with Gasteiger partial charge >= 0.3 is 6.18 Å². The minimum Gasteiger partial charge on any atom is -0.468 e. The van der Waals surface area contributed by atoms with E-state index < -0.39 is 22.8 Å². The second kappa shape index (κ2) is 8.05. The van der Waals surface area contributed by atoms with Gasteiger partial charge in [0, 0.05) is 18.3 Å². The molecule has 0 atom stereocenters. The van der Waals surface area contributed by atoms with Gasteiger partial charge < -0.3 is 4.74 Å². The Morgan fingerprint density at radius 2 is 1.81 bits per heavy atom. The fraction of sp³-hybridized carbons (Fsp3) is 0.353. The molecular formula is C17H19F3N2O3S. The normalized spacial score (nSPS) is 12.4. The molecular weight excluding hydrogens is 369 g/mol. The van der Waals surface area contributed by atoms with E-state index in [2.05, 4.69) is 14.4 Å². The molecule has 1 N–H and O–H groups in total. The van der Waals surface area contributed by atoms with Crippen LogP contribution < -0.4 is 9.46 Å². The summed E-state index contributed by atoms with van der Waals surface area (Å²) in [5, 5.41) is 0. The van der Waals surface area contributed by atoms with Crippen molar-refractivity contribution in [3.05, 3.63) is 53.7 Å². The van der Waals surface area contributed by atoms with E-state index >= 15 is 0 Å². The van der Waals surface area contributed by atoms with Crippen LogP contribution in [0.15, 0.2) is 47.5 Å². The summed E-state index contributed by atoms with van der Waals surface area (Å²) in [5.74, 6) is 0.00567. The molecule has 0 saturated heterocycles. The lowest BCUT2D eigenvalue weighted by Crippen LogP contribution is -2.25. The summed E-state index contributed by atoms with van der Waals surface area (Å²) >= 11 is 0. The number of sulfonamides is 1. The van der Waals surface area contributed by atoms with E-state index in [1.165, 1.54) is 30.5 Å². The molecule has 0 unspecified atom stereocenters. The first-order valence-electron chi connectivity index (χ1n) is 7.81. The molecule has 142 valence electrons. The van der Waals surface area contributed by atoms with Crippen molar-refractivity contribution >= 4 is 10.0 Å². The van der Waals surface area contributed by atoms with Crippen LogP contribution in [0.25, 0.3) is 0 Å². The van der Waals surface area contributed by atoms with E-state index in [0.29, 0.717) is 0 Å². The number of pyridine rings is 1. The number of aromatic nitrogens is 1. The molecule has 0 aliphatic rings. The Bertz CT molecular complexity index is 835. The Labute approximate surface area is 150 Å².